The van der Waals surface area contributed by atoms with E-state index in [9.17, 15) is 4.79 Å². The molecule has 3 aliphatic rings. The molecule has 0 radical (unpaired) electrons. The van der Waals surface area contributed by atoms with Crippen LogP contribution in [0.4, 0.5) is 10.2 Å². The van der Waals surface area contributed by atoms with Gasteiger partial charge in [0.2, 0.25) is 11.8 Å². The van der Waals surface area contributed by atoms with E-state index in [1.807, 2.05) is 17.9 Å². The topological polar surface area (TPSA) is 109 Å². The van der Waals surface area contributed by atoms with Crippen molar-refractivity contribution in [3.05, 3.63) is 30.5 Å². The van der Waals surface area contributed by atoms with Crippen LogP contribution in [0.15, 0.2) is 24.7 Å². The molecule has 0 spiro atoms. The highest BCUT2D eigenvalue weighted by atomic mass is 19.1. The lowest BCUT2D eigenvalue weighted by Crippen LogP contribution is -2.56. The zero-order valence-electron chi connectivity index (χ0n) is 19.5. The van der Waals surface area contributed by atoms with E-state index < -0.39 is 0 Å². The molecule has 3 aromatic rings. The number of halogens is 1. The highest BCUT2D eigenvalue weighted by Gasteiger charge is 2.31. The standard InChI is InChI=1S/C24H28FN7O3/c1-14(15-7-21(33)26-9-15)35-24-22-20(28-13-29-22)8-19(30-24)16-6-18(25)23(27-10-16)32-4-2-31(3-5-32)17-11-34-12-17/h6,8,10,13-15,17H,2-5,7,9,11-12H2,1H3,(H,26,33)(H,28,29)/t14-,15-/m1/s1. The molecule has 2 N–H and O–H groups in total. The van der Waals surface area contributed by atoms with E-state index in [-0.39, 0.29) is 23.7 Å². The fourth-order valence-electron chi connectivity index (χ4n) is 4.91. The third-order valence-electron chi connectivity index (χ3n) is 7.21. The number of aromatic nitrogens is 4. The van der Waals surface area contributed by atoms with Crippen molar-refractivity contribution in [3.63, 3.8) is 0 Å². The van der Waals surface area contributed by atoms with E-state index in [2.05, 4.69) is 30.2 Å². The molecule has 184 valence electrons. The summed E-state index contributed by atoms with van der Waals surface area (Å²) in [4.78, 5) is 32.5. The summed E-state index contributed by atoms with van der Waals surface area (Å²) >= 11 is 0. The predicted octanol–water partition coefficient (Wildman–Crippen LogP) is 1.58. The van der Waals surface area contributed by atoms with Gasteiger partial charge in [0.15, 0.2) is 17.2 Å². The van der Waals surface area contributed by atoms with E-state index in [1.54, 1.807) is 12.5 Å². The summed E-state index contributed by atoms with van der Waals surface area (Å²) in [6.45, 7) is 7.27. The van der Waals surface area contributed by atoms with E-state index in [4.69, 9.17) is 9.47 Å². The lowest BCUT2D eigenvalue weighted by Gasteiger charge is -2.42. The van der Waals surface area contributed by atoms with Gasteiger partial charge in [0.05, 0.1) is 36.8 Å². The molecule has 0 bridgehead atoms. The van der Waals surface area contributed by atoms with Crippen molar-refractivity contribution in [3.8, 4) is 17.1 Å². The SMILES string of the molecule is C[C@@H](Oc1nc(-c2cnc(N3CCN(C4COC4)CC3)c(F)c2)cc2[nH]cnc12)[C@H]1CNC(=O)C1. The molecule has 2 atom stereocenters. The van der Waals surface area contributed by atoms with Gasteiger partial charge in [-0.1, -0.05) is 0 Å². The molecule has 0 unspecified atom stereocenters. The number of imidazole rings is 1. The number of nitrogens with zero attached hydrogens (tertiary/aromatic N) is 5. The average molecular weight is 482 g/mol. The number of piperazine rings is 1. The number of ether oxygens (including phenoxy) is 2. The molecule has 6 heterocycles. The van der Waals surface area contributed by atoms with Crippen molar-refractivity contribution in [2.45, 2.75) is 25.5 Å². The fourth-order valence-corrected chi connectivity index (χ4v) is 4.91. The van der Waals surface area contributed by atoms with Crippen molar-refractivity contribution in [2.24, 2.45) is 5.92 Å². The van der Waals surface area contributed by atoms with Gasteiger partial charge < -0.3 is 24.7 Å². The number of rotatable bonds is 6. The van der Waals surface area contributed by atoms with Gasteiger partial charge in [0.1, 0.15) is 6.10 Å². The molecule has 0 saturated carbocycles. The minimum absolute atomic E-state index is 0.0252. The van der Waals surface area contributed by atoms with Crippen LogP contribution in [0, 0.1) is 11.7 Å². The van der Waals surface area contributed by atoms with Crippen molar-refractivity contribution in [1.29, 1.82) is 0 Å². The number of carbonyl (C=O) groups is 1. The second-order valence-electron chi connectivity index (χ2n) is 9.45. The summed E-state index contributed by atoms with van der Waals surface area (Å²) in [6, 6.07) is 3.78. The monoisotopic (exact) mass is 481 g/mol. The second-order valence-corrected chi connectivity index (χ2v) is 9.45. The minimum Gasteiger partial charge on any atom is -0.473 e. The van der Waals surface area contributed by atoms with Crippen molar-refractivity contribution < 1.29 is 18.7 Å². The molecule has 35 heavy (non-hydrogen) atoms. The Morgan fingerprint density at radius 1 is 1.20 bits per heavy atom. The first-order valence-electron chi connectivity index (χ1n) is 12.1. The number of amides is 1. The summed E-state index contributed by atoms with van der Waals surface area (Å²) in [5, 5.41) is 2.83. The van der Waals surface area contributed by atoms with Gasteiger partial charge in [0.25, 0.3) is 0 Å². The van der Waals surface area contributed by atoms with Gasteiger partial charge in [-0.3, -0.25) is 9.69 Å². The Morgan fingerprint density at radius 3 is 2.71 bits per heavy atom. The number of nitrogens with one attached hydrogen (secondary N) is 2. The van der Waals surface area contributed by atoms with E-state index in [1.165, 1.54) is 6.07 Å². The molecular weight excluding hydrogens is 453 g/mol. The van der Waals surface area contributed by atoms with Crippen LogP contribution in [0.3, 0.4) is 0 Å². The molecule has 3 fully saturated rings. The van der Waals surface area contributed by atoms with E-state index >= 15 is 4.39 Å². The van der Waals surface area contributed by atoms with E-state index in [0.717, 1.165) is 44.9 Å². The Kier molecular flexibility index (Phi) is 5.73. The van der Waals surface area contributed by atoms with E-state index in [0.29, 0.717) is 47.5 Å². The zero-order valence-corrected chi connectivity index (χ0v) is 19.5. The van der Waals surface area contributed by atoms with Gasteiger partial charge in [-0.15, -0.1) is 0 Å². The molecule has 10 nitrogen and oxygen atoms in total. The highest BCUT2D eigenvalue weighted by molar-refractivity contribution is 5.84. The van der Waals surface area contributed by atoms with Crippen LogP contribution in [-0.2, 0) is 9.53 Å². The number of fused-ring (bicyclic) bond motifs is 1. The molecule has 11 heteroatoms. The van der Waals surface area contributed by atoms with Crippen LogP contribution >= 0.6 is 0 Å². The largest absolute Gasteiger partial charge is 0.473 e. The summed E-state index contributed by atoms with van der Waals surface area (Å²) in [7, 11) is 0. The van der Waals surface area contributed by atoms with Crippen LogP contribution in [0.1, 0.15) is 13.3 Å². The lowest BCUT2D eigenvalue weighted by molar-refractivity contribution is -0.119. The average Bonchev–Trinajstić information content (AvgIpc) is 3.47. The summed E-state index contributed by atoms with van der Waals surface area (Å²) in [5.74, 6) is 0.422. The molecule has 3 aliphatic heterocycles. The van der Waals surface area contributed by atoms with Crippen molar-refractivity contribution >= 4 is 22.8 Å². The minimum atomic E-state index is -0.374. The number of H-pyrrole nitrogens is 1. The number of aromatic amines is 1. The van der Waals surface area contributed by atoms with Gasteiger partial charge in [0, 0.05) is 56.8 Å². The van der Waals surface area contributed by atoms with Crippen LogP contribution in [0.25, 0.3) is 22.3 Å². The third-order valence-corrected chi connectivity index (χ3v) is 7.21. The molecule has 0 aliphatic carbocycles. The van der Waals surface area contributed by atoms with Crippen LogP contribution in [-0.4, -0.2) is 88.8 Å². The fraction of sp³-hybridized carbons (Fsp3) is 0.500. The van der Waals surface area contributed by atoms with Crippen LogP contribution < -0.4 is 15.0 Å². The maximum absolute atomic E-state index is 15.2. The lowest BCUT2D eigenvalue weighted by atomic mass is 10.0. The Balaban J connectivity index is 1.22. The first-order chi connectivity index (χ1) is 17.0. The second kappa shape index (κ2) is 9.04. The molecule has 3 saturated heterocycles. The Labute approximate surface area is 201 Å². The maximum atomic E-state index is 15.2. The summed E-state index contributed by atoms with van der Waals surface area (Å²) < 4.78 is 26.6. The molecule has 6 rings (SSSR count). The van der Waals surface area contributed by atoms with Gasteiger partial charge in [-0.2, -0.15) is 0 Å². The number of anilines is 1. The Morgan fingerprint density at radius 2 is 2.03 bits per heavy atom. The number of hydrogen-bond acceptors (Lipinski definition) is 8. The van der Waals surface area contributed by atoms with Crippen LogP contribution in [0.5, 0.6) is 5.88 Å². The highest BCUT2D eigenvalue weighted by Crippen LogP contribution is 2.31. The molecule has 3 aromatic heterocycles. The van der Waals surface area contributed by atoms with Crippen molar-refractivity contribution in [1.82, 2.24) is 30.2 Å². The molecular formula is C24H28FN7O3. The van der Waals surface area contributed by atoms with Gasteiger partial charge >= 0.3 is 0 Å². The smallest absolute Gasteiger partial charge is 0.243 e. The zero-order chi connectivity index (χ0) is 23.9. The first kappa shape index (κ1) is 22.2. The molecule has 0 aromatic carbocycles. The Hall–Kier alpha value is -3.31. The quantitative estimate of drug-likeness (QED) is 0.547. The Bertz CT molecular complexity index is 1240. The number of hydrogen-bond donors (Lipinski definition) is 2. The van der Waals surface area contributed by atoms with Gasteiger partial charge in [-0.05, 0) is 19.1 Å². The number of carbonyl (C=O) groups excluding carboxylic acids is 1. The normalized spacial score (nSPS) is 22.3. The molecule has 1 amide bonds. The van der Waals surface area contributed by atoms with Crippen LogP contribution in [0.2, 0.25) is 0 Å². The summed E-state index contributed by atoms with van der Waals surface area (Å²) in [5.41, 5.74) is 2.43. The summed E-state index contributed by atoms with van der Waals surface area (Å²) in [6.07, 6.45) is 3.41. The third kappa shape index (κ3) is 4.30. The van der Waals surface area contributed by atoms with Gasteiger partial charge in [-0.25, -0.2) is 19.3 Å². The van der Waals surface area contributed by atoms with Crippen molar-refractivity contribution in [2.75, 3.05) is 50.8 Å². The number of pyridine rings is 2. The first-order valence-corrected chi connectivity index (χ1v) is 12.1. The maximum Gasteiger partial charge on any atom is 0.243 e. The predicted molar refractivity (Wildman–Crippen MR) is 127 cm³/mol.